The van der Waals surface area contributed by atoms with Crippen LogP contribution in [-0.4, -0.2) is 45.8 Å². The van der Waals surface area contributed by atoms with E-state index in [1.54, 1.807) is 4.57 Å². The van der Waals surface area contributed by atoms with Gasteiger partial charge in [-0.1, -0.05) is 51.8 Å². The fourth-order valence-corrected chi connectivity index (χ4v) is 5.23. The Morgan fingerprint density at radius 3 is 2.40 bits per heavy atom. The Bertz CT molecular complexity index is 1560. The van der Waals surface area contributed by atoms with Gasteiger partial charge < -0.3 is 19.7 Å². The molecule has 0 amide bonds. The summed E-state index contributed by atoms with van der Waals surface area (Å²) in [6, 6.07) is 21.3. The zero-order valence-corrected chi connectivity index (χ0v) is 25.0. The number of nitrogens with one attached hydrogen (secondary N) is 1. The summed E-state index contributed by atoms with van der Waals surface area (Å²) in [7, 11) is 0. The summed E-state index contributed by atoms with van der Waals surface area (Å²) in [4.78, 5) is 26.9. The van der Waals surface area contributed by atoms with Crippen LogP contribution in [0.3, 0.4) is 0 Å². The third kappa shape index (κ3) is 8.17. The van der Waals surface area contributed by atoms with Crippen LogP contribution in [-0.2, 0) is 17.9 Å². The highest BCUT2D eigenvalue weighted by molar-refractivity contribution is 9.10. The quantitative estimate of drug-likeness (QED) is 0.228. The van der Waals surface area contributed by atoms with E-state index < -0.39 is 18.1 Å². The van der Waals surface area contributed by atoms with Crippen molar-refractivity contribution in [2.24, 2.45) is 5.92 Å². The summed E-state index contributed by atoms with van der Waals surface area (Å²) in [5.41, 5.74) is 3.52. The maximum Gasteiger partial charge on any atom is 0.449 e. The van der Waals surface area contributed by atoms with Gasteiger partial charge in [0.15, 0.2) is 0 Å². The maximum atomic E-state index is 12.4. The number of nitrogens with zero attached hydrogens (tertiary/aromatic N) is 2. The molecule has 0 radical (unpaired) electrons. The number of ether oxygens (including phenoxy) is 1. The molecule has 1 aliphatic rings. The van der Waals surface area contributed by atoms with Gasteiger partial charge in [-0.2, -0.15) is 13.2 Å². The van der Waals surface area contributed by atoms with Crippen molar-refractivity contribution in [3.05, 3.63) is 92.3 Å². The highest BCUT2D eigenvalue weighted by atomic mass is 79.9. The third-order valence-electron chi connectivity index (χ3n) is 7.10. The summed E-state index contributed by atoms with van der Waals surface area (Å²) in [6.45, 7) is 2.84. The van der Waals surface area contributed by atoms with Gasteiger partial charge in [-0.05, 0) is 66.8 Å². The van der Waals surface area contributed by atoms with Gasteiger partial charge in [0.25, 0.3) is 0 Å². The van der Waals surface area contributed by atoms with Gasteiger partial charge >= 0.3 is 11.9 Å². The molecule has 1 unspecified atom stereocenters. The lowest BCUT2D eigenvalue weighted by molar-refractivity contribution is -0.168. The van der Waals surface area contributed by atoms with Crippen LogP contribution in [0.2, 0.25) is 5.02 Å². The number of carbonyl (C=O) groups is 1. The second-order valence-electron chi connectivity index (χ2n) is 10.0. The molecule has 0 spiro atoms. The lowest BCUT2D eigenvalue weighted by atomic mass is 9.90. The minimum atomic E-state index is -4.64. The lowest BCUT2D eigenvalue weighted by Gasteiger charge is -2.36. The minimum absolute atomic E-state index is 0.123. The molecule has 5 rings (SSSR count). The first-order valence-corrected chi connectivity index (χ1v) is 14.4. The number of alkyl halides is 3. The number of anilines is 1. The molecule has 0 saturated carbocycles. The van der Waals surface area contributed by atoms with Crippen molar-refractivity contribution in [1.82, 2.24) is 9.55 Å². The smallest absolute Gasteiger partial charge is 0.449 e. The molecule has 12 heteroatoms. The number of para-hydroxylation sites is 2. The molecule has 7 nitrogen and oxygen atoms in total. The fraction of sp³-hybridized carbons (Fsp3) is 0.333. The molecule has 2 heterocycles. The van der Waals surface area contributed by atoms with Crippen LogP contribution >= 0.6 is 27.5 Å². The second kappa shape index (κ2) is 13.8. The summed E-state index contributed by atoms with van der Waals surface area (Å²) in [5.74, 6) is -0.808. The molecule has 0 bridgehead atoms. The number of aliphatic hydroxyl groups is 1. The Morgan fingerprint density at radius 1 is 1.12 bits per heavy atom. The van der Waals surface area contributed by atoms with Gasteiger partial charge in [0.2, 0.25) is 5.78 Å². The standard InChI is InChI=1S/C27H27BrClN3O3.C3H3F3O/c28-20-7-10-26(35-17-18-5-8-21(29)9-6-18)24(15-20)31-13-11-19(12-14-31)25(33)16-32-23-4-2-1-3-22(23)30-27(32)34;1-2(7)3(4,5)6/h1-10,15,19,25,33H,11-14,16-17H2,(H,30,34);1H3. The number of H-pyrrole nitrogens is 1. The molecule has 3 aromatic carbocycles. The molecule has 4 aromatic rings. The first kappa shape index (κ1) is 31.7. The van der Waals surface area contributed by atoms with E-state index in [-0.39, 0.29) is 11.6 Å². The normalized spacial score (nSPS) is 14.8. The van der Waals surface area contributed by atoms with E-state index in [0.29, 0.717) is 25.1 Å². The molecule has 224 valence electrons. The van der Waals surface area contributed by atoms with Gasteiger partial charge in [0.05, 0.1) is 29.4 Å². The van der Waals surface area contributed by atoms with Crippen LogP contribution < -0.4 is 15.3 Å². The molecular formula is C30H30BrClF3N3O4. The number of fused-ring (bicyclic) bond motifs is 1. The van der Waals surface area contributed by atoms with Gasteiger partial charge in [0, 0.05) is 29.5 Å². The number of ketones is 1. The van der Waals surface area contributed by atoms with Crippen LogP contribution in [0.25, 0.3) is 11.0 Å². The van der Waals surface area contributed by atoms with Crippen molar-refractivity contribution in [3.63, 3.8) is 0 Å². The van der Waals surface area contributed by atoms with Gasteiger partial charge in [0.1, 0.15) is 12.4 Å². The average molecular weight is 669 g/mol. The fourth-order valence-electron chi connectivity index (χ4n) is 4.75. The van der Waals surface area contributed by atoms with Gasteiger partial charge in [-0.25, -0.2) is 4.79 Å². The van der Waals surface area contributed by atoms with Crippen molar-refractivity contribution in [2.45, 2.75) is 45.2 Å². The maximum absolute atomic E-state index is 12.4. The number of aromatic nitrogens is 2. The molecule has 1 aliphatic heterocycles. The number of imidazole rings is 1. The van der Waals surface area contributed by atoms with Gasteiger partial charge in [-0.3, -0.25) is 9.36 Å². The first-order valence-electron chi connectivity index (χ1n) is 13.3. The van der Waals surface area contributed by atoms with E-state index in [1.807, 2.05) is 60.7 Å². The van der Waals surface area contributed by atoms with E-state index in [1.165, 1.54) is 0 Å². The highest BCUT2D eigenvalue weighted by Crippen LogP contribution is 2.35. The Kier molecular flexibility index (Phi) is 10.4. The largest absolute Gasteiger partial charge is 0.487 e. The number of aromatic amines is 1. The van der Waals surface area contributed by atoms with E-state index in [9.17, 15) is 27.9 Å². The molecule has 1 saturated heterocycles. The zero-order chi connectivity index (χ0) is 30.4. The van der Waals surface area contributed by atoms with Crippen molar-refractivity contribution < 1.29 is 27.8 Å². The highest BCUT2D eigenvalue weighted by Gasteiger charge is 2.33. The number of rotatable bonds is 7. The Labute approximate surface area is 254 Å². The Morgan fingerprint density at radius 2 is 1.76 bits per heavy atom. The van der Waals surface area contributed by atoms with Crippen molar-refractivity contribution in [2.75, 3.05) is 18.0 Å². The Hall–Kier alpha value is -3.28. The molecule has 1 fully saturated rings. The van der Waals surface area contributed by atoms with Gasteiger partial charge in [-0.15, -0.1) is 0 Å². The summed E-state index contributed by atoms with van der Waals surface area (Å²) in [5, 5.41) is 11.7. The van der Waals surface area contributed by atoms with Crippen LogP contribution in [0.5, 0.6) is 5.75 Å². The third-order valence-corrected chi connectivity index (χ3v) is 7.85. The number of hydrogen-bond donors (Lipinski definition) is 2. The molecular weight excluding hydrogens is 639 g/mol. The molecule has 42 heavy (non-hydrogen) atoms. The number of carbonyl (C=O) groups excluding carboxylic acids is 1. The second-order valence-corrected chi connectivity index (χ2v) is 11.4. The van der Waals surface area contributed by atoms with E-state index in [0.717, 1.165) is 58.4 Å². The van der Waals surface area contributed by atoms with Crippen molar-refractivity contribution >= 4 is 50.0 Å². The Balaban J connectivity index is 0.000000517. The minimum Gasteiger partial charge on any atom is -0.487 e. The van der Waals surface area contributed by atoms with Crippen molar-refractivity contribution in [1.29, 1.82) is 0 Å². The molecule has 1 aromatic heterocycles. The summed E-state index contributed by atoms with van der Waals surface area (Å²) in [6.07, 6.45) is -3.56. The number of halogens is 5. The SMILES string of the molecule is CC(=O)C(F)(F)F.O=c1[nH]c2ccccc2n1CC(O)C1CCN(c2cc(Br)ccc2OCc2ccc(Cl)cc2)CC1. The van der Waals surface area contributed by atoms with Crippen LogP contribution in [0, 0.1) is 5.92 Å². The van der Waals surface area contributed by atoms with Crippen LogP contribution in [0.4, 0.5) is 18.9 Å². The molecule has 0 aliphatic carbocycles. The number of hydrogen-bond acceptors (Lipinski definition) is 5. The predicted molar refractivity (Wildman–Crippen MR) is 160 cm³/mol. The summed E-state index contributed by atoms with van der Waals surface area (Å²) >= 11 is 9.58. The van der Waals surface area contributed by atoms with Crippen LogP contribution in [0.15, 0.2) is 76.0 Å². The molecule has 2 N–H and O–H groups in total. The zero-order valence-electron chi connectivity index (χ0n) is 22.7. The number of aliphatic hydroxyl groups excluding tert-OH is 1. The number of piperidine rings is 1. The van der Waals surface area contributed by atoms with E-state index in [4.69, 9.17) is 16.3 Å². The van der Waals surface area contributed by atoms with E-state index >= 15 is 0 Å². The number of benzene rings is 3. The van der Waals surface area contributed by atoms with Crippen LogP contribution in [0.1, 0.15) is 25.3 Å². The van der Waals surface area contributed by atoms with E-state index in [2.05, 4.69) is 31.9 Å². The number of Topliss-reactive ketones (excluding diaryl/α,β-unsaturated/α-hetero) is 1. The molecule has 1 atom stereocenters. The monoisotopic (exact) mass is 667 g/mol. The first-order chi connectivity index (χ1) is 19.9. The van der Waals surface area contributed by atoms with Crippen molar-refractivity contribution in [3.8, 4) is 5.75 Å². The topological polar surface area (TPSA) is 87.6 Å². The lowest BCUT2D eigenvalue weighted by Crippen LogP contribution is -2.40. The summed E-state index contributed by atoms with van der Waals surface area (Å²) < 4.78 is 41.3. The predicted octanol–water partition coefficient (Wildman–Crippen LogP) is 6.74. The average Bonchev–Trinajstić information content (AvgIpc) is 3.27.